The molecule has 80 valence electrons. The summed E-state index contributed by atoms with van der Waals surface area (Å²) in [6, 6.07) is 3.79. The van der Waals surface area contributed by atoms with Gasteiger partial charge in [-0.25, -0.2) is 4.63 Å². The number of hydrogen-bond acceptors (Lipinski definition) is 5. The van der Waals surface area contributed by atoms with Crippen LogP contribution in [0.2, 0.25) is 0 Å². The number of nitrogens with zero attached hydrogens (tertiary/aromatic N) is 3. The highest BCUT2D eigenvalue weighted by Crippen LogP contribution is 2.27. The van der Waals surface area contributed by atoms with Gasteiger partial charge in [-0.15, -0.1) is 0 Å². The fourth-order valence-electron chi connectivity index (χ4n) is 1.34. The average molecular weight is 272 g/mol. The third kappa shape index (κ3) is 1.95. The van der Waals surface area contributed by atoms with Gasteiger partial charge in [0.05, 0.1) is 11.1 Å². The van der Waals surface area contributed by atoms with Crippen LogP contribution in [0.3, 0.4) is 0 Å². The van der Waals surface area contributed by atoms with Gasteiger partial charge in [0, 0.05) is 19.3 Å². The fourth-order valence-corrected chi connectivity index (χ4v) is 1.85. The lowest BCUT2D eigenvalue weighted by Crippen LogP contribution is -2.20. The molecule has 0 spiro atoms. The number of fused-ring (bicyclic) bond motifs is 1. The maximum absolute atomic E-state index is 8.84. The van der Waals surface area contributed by atoms with E-state index in [0.717, 1.165) is 10.2 Å². The van der Waals surface area contributed by atoms with Crippen molar-refractivity contribution in [3.8, 4) is 0 Å². The molecule has 0 fully saturated rings. The number of aromatic nitrogens is 2. The number of aliphatic hydroxyl groups is 1. The molecule has 0 saturated heterocycles. The molecule has 5 nitrogen and oxygen atoms in total. The van der Waals surface area contributed by atoms with E-state index in [-0.39, 0.29) is 6.61 Å². The van der Waals surface area contributed by atoms with Crippen molar-refractivity contribution in [2.24, 2.45) is 0 Å². The van der Waals surface area contributed by atoms with Crippen molar-refractivity contribution in [3.63, 3.8) is 0 Å². The van der Waals surface area contributed by atoms with Gasteiger partial charge in [0.15, 0.2) is 0 Å². The Morgan fingerprint density at radius 3 is 3.00 bits per heavy atom. The lowest BCUT2D eigenvalue weighted by molar-refractivity contribution is 0.304. The summed E-state index contributed by atoms with van der Waals surface area (Å²) in [6.45, 7) is 0.687. The van der Waals surface area contributed by atoms with Gasteiger partial charge in [-0.2, -0.15) is 0 Å². The van der Waals surface area contributed by atoms with E-state index < -0.39 is 0 Å². The second-order valence-electron chi connectivity index (χ2n) is 3.20. The molecule has 1 N–H and O–H groups in total. The Hall–Kier alpha value is -1.14. The first-order valence-electron chi connectivity index (χ1n) is 4.46. The molecule has 0 atom stereocenters. The van der Waals surface area contributed by atoms with E-state index in [0.29, 0.717) is 17.6 Å². The molecular formula is C9H10BrN3O2. The van der Waals surface area contributed by atoms with Crippen molar-refractivity contribution >= 4 is 32.7 Å². The second kappa shape index (κ2) is 4.16. The largest absolute Gasteiger partial charge is 0.395 e. The van der Waals surface area contributed by atoms with E-state index in [4.69, 9.17) is 5.11 Å². The van der Waals surface area contributed by atoms with E-state index in [1.165, 1.54) is 0 Å². The van der Waals surface area contributed by atoms with Crippen LogP contribution in [0, 0.1) is 0 Å². The zero-order valence-electron chi connectivity index (χ0n) is 8.14. The summed E-state index contributed by atoms with van der Waals surface area (Å²) in [5, 5.41) is 16.4. The van der Waals surface area contributed by atoms with E-state index >= 15 is 0 Å². The zero-order valence-corrected chi connectivity index (χ0v) is 9.73. The van der Waals surface area contributed by atoms with Gasteiger partial charge in [-0.1, -0.05) is 0 Å². The predicted molar refractivity (Wildman–Crippen MR) is 59.9 cm³/mol. The number of likely N-dealkylation sites (N-methyl/N-ethyl adjacent to an activating group) is 1. The molecule has 0 unspecified atom stereocenters. The maximum atomic E-state index is 8.84. The minimum atomic E-state index is 0.114. The molecule has 2 aromatic rings. The van der Waals surface area contributed by atoms with Crippen LogP contribution in [-0.2, 0) is 0 Å². The van der Waals surface area contributed by atoms with Crippen molar-refractivity contribution < 1.29 is 9.74 Å². The van der Waals surface area contributed by atoms with Crippen molar-refractivity contribution in [1.82, 2.24) is 10.3 Å². The van der Waals surface area contributed by atoms with Crippen molar-refractivity contribution in [2.75, 3.05) is 25.1 Å². The fraction of sp³-hybridized carbons (Fsp3) is 0.333. The summed E-state index contributed by atoms with van der Waals surface area (Å²) in [5.74, 6) is 0. The molecule has 6 heteroatoms. The smallest absolute Gasteiger partial charge is 0.149 e. The Balaban J connectivity index is 2.44. The molecule has 0 aliphatic carbocycles. The summed E-state index contributed by atoms with van der Waals surface area (Å²) < 4.78 is 5.48. The van der Waals surface area contributed by atoms with Gasteiger partial charge in [0.2, 0.25) is 0 Å². The molecule has 15 heavy (non-hydrogen) atoms. The van der Waals surface area contributed by atoms with Crippen molar-refractivity contribution in [3.05, 3.63) is 16.6 Å². The number of aliphatic hydroxyl groups excluding tert-OH is 1. The van der Waals surface area contributed by atoms with E-state index in [1.807, 2.05) is 24.1 Å². The second-order valence-corrected chi connectivity index (χ2v) is 4.06. The highest BCUT2D eigenvalue weighted by Gasteiger charge is 2.09. The molecule has 0 bridgehead atoms. The van der Waals surface area contributed by atoms with E-state index in [9.17, 15) is 0 Å². The van der Waals surface area contributed by atoms with Crippen LogP contribution in [0.25, 0.3) is 11.0 Å². The topological polar surface area (TPSA) is 62.4 Å². The normalized spacial score (nSPS) is 10.9. The van der Waals surface area contributed by atoms with Gasteiger partial charge >= 0.3 is 0 Å². The molecule has 1 aromatic heterocycles. The molecule has 0 radical (unpaired) electrons. The van der Waals surface area contributed by atoms with Crippen molar-refractivity contribution in [2.45, 2.75) is 0 Å². The summed E-state index contributed by atoms with van der Waals surface area (Å²) >= 11 is 3.39. The van der Waals surface area contributed by atoms with Crippen LogP contribution in [0.1, 0.15) is 0 Å². The Morgan fingerprint density at radius 2 is 2.27 bits per heavy atom. The van der Waals surface area contributed by atoms with Crippen LogP contribution < -0.4 is 4.90 Å². The van der Waals surface area contributed by atoms with Gasteiger partial charge in [-0.3, -0.25) is 0 Å². The van der Waals surface area contributed by atoms with Crippen molar-refractivity contribution in [1.29, 1.82) is 0 Å². The summed E-state index contributed by atoms with van der Waals surface area (Å²) in [4.78, 5) is 1.93. The number of rotatable bonds is 3. The Labute approximate surface area is 94.8 Å². The van der Waals surface area contributed by atoms with Crippen LogP contribution in [0.15, 0.2) is 21.2 Å². The Morgan fingerprint density at radius 1 is 1.47 bits per heavy atom. The summed E-state index contributed by atoms with van der Waals surface area (Å²) in [5.41, 5.74) is 2.36. The zero-order chi connectivity index (χ0) is 10.8. The lowest BCUT2D eigenvalue weighted by atomic mass is 10.2. The minimum Gasteiger partial charge on any atom is -0.395 e. The van der Waals surface area contributed by atoms with Crippen LogP contribution >= 0.6 is 15.9 Å². The minimum absolute atomic E-state index is 0.114. The molecule has 1 aromatic carbocycles. The molecule has 1 heterocycles. The number of hydrogen-bond donors (Lipinski definition) is 1. The SMILES string of the molecule is CN(CCO)c1cc(Br)c2nonc2c1. The molecular weight excluding hydrogens is 262 g/mol. The van der Waals surface area contributed by atoms with E-state index in [2.05, 4.69) is 30.9 Å². The highest BCUT2D eigenvalue weighted by molar-refractivity contribution is 9.10. The first-order chi connectivity index (χ1) is 7.22. The molecule has 0 aliphatic rings. The predicted octanol–water partition coefficient (Wildman–Crippen LogP) is 1.41. The third-order valence-electron chi connectivity index (χ3n) is 2.18. The van der Waals surface area contributed by atoms with Gasteiger partial charge in [0.25, 0.3) is 0 Å². The third-order valence-corrected chi connectivity index (χ3v) is 2.78. The Kier molecular flexibility index (Phi) is 2.88. The first-order valence-corrected chi connectivity index (χ1v) is 5.25. The standard InChI is InChI=1S/C9H10BrN3O2/c1-13(2-3-14)6-4-7(10)9-8(5-6)11-15-12-9/h4-5,14H,2-3H2,1H3. The summed E-state index contributed by atoms with van der Waals surface area (Å²) in [7, 11) is 1.90. The van der Waals surface area contributed by atoms with Crippen LogP contribution in [0.4, 0.5) is 5.69 Å². The number of halogens is 1. The molecule has 0 aliphatic heterocycles. The molecule has 0 saturated carbocycles. The number of anilines is 1. The quantitative estimate of drug-likeness (QED) is 0.915. The maximum Gasteiger partial charge on any atom is 0.149 e. The van der Waals surface area contributed by atoms with Gasteiger partial charge < -0.3 is 10.0 Å². The first kappa shape index (κ1) is 10.4. The van der Waals surface area contributed by atoms with Crippen LogP contribution in [-0.4, -0.2) is 35.6 Å². The molecule has 0 amide bonds. The van der Waals surface area contributed by atoms with Crippen LogP contribution in [0.5, 0.6) is 0 Å². The van der Waals surface area contributed by atoms with Gasteiger partial charge in [0.1, 0.15) is 11.0 Å². The number of benzene rings is 1. The van der Waals surface area contributed by atoms with E-state index in [1.54, 1.807) is 0 Å². The Bertz CT molecular complexity index is 471. The average Bonchev–Trinajstić information content (AvgIpc) is 2.66. The molecule has 2 rings (SSSR count). The van der Waals surface area contributed by atoms with Gasteiger partial charge in [-0.05, 0) is 38.4 Å². The highest BCUT2D eigenvalue weighted by atomic mass is 79.9. The monoisotopic (exact) mass is 271 g/mol. The summed E-state index contributed by atoms with van der Waals surface area (Å²) in [6.07, 6.45) is 0. The lowest BCUT2D eigenvalue weighted by Gasteiger charge is -2.17.